The Bertz CT molecular complexity index is 1880. The fourth-order valence-electron chi connectivity index (χ4n) is 4.54. The monoisotopic (exact) mass is 836 g/mol. The van der Waals surface area contributed by atoms with E-state index in [-0.39, 0.29) is 20.1 Å². The molecule has 3 aromatic carbocycles. The zero-order valence-electron chi connectivity index (χ0n) is 25.4. The van der Waals surface area contributed by atoms with Gasteiger partial charge in [-0.25, -0.2) is 0 Å². The minimum absolute atomic E-state index is 0. The number of halogens is 3. The van der Waals surface area contributed by atoms with Crippen LogP contribution in [0.1, 0.15) is 32.2 Å². The quantitative estimate of drug-likeness (QED) is 0.131. The van der Waals surface area contributed by atoms with Crippen molar-refractivity contribution in [3.63, 3.8) is 0 Å². The van der Waals surface area contributed by atoms with Crippen molar-refractivity contribution < 1.29 is 34.6 Å². The van der Waals surface area contributed by atoms with E-state index in [1.807, 2.05) is 36.5 Å². The van der Waals surface area contributed by atoms with Gasteiger partial charge in [0.05, 0.1) is 5.56 Å². The number of hydrogen-bond acceptors (Lipinski definition) is 3. The first-order chi connectivity index (χ1) is 20.2. The molecule has 3 aromatic heterocycles. The van der Waals surface area contributed by atoms with Crippen LogP contribution in [0.2, 0.25) is 17.3 Å². The molecule has 0 atom stereocenters. The van der Waals surface area contributed by atoms with Gasteiger partial charge in [-0.1, -0.05) is 30.9 Å². The van der Waals surface area contributed by atoms with Crippen molar-refractivity contribution in [3.05, 3.63) is 115 Å². The third kappa shape index (κ3) is 7.64. The normalized spacial score (nSPS) is 12.3. The van der Waals surface area contributed by atoms with Crippen molar-refractivity contribution in [2.45, 2.75) is 43.2 Å². The summed E-state index contributed by atoms with van der Waals surface area (Å²) in [5.41, 5.74) is 3.65. The second-order valence-corrected chi connectivity index (χ2v) is 23.0. The minimum Gasteiger partial charge on any atom is 0 e. The van der Waals surface area contributed by atoms with E-state index in [1.54, 1.807) is 38.2 Å². The van der Waals surface area contributed by atoms with E-state index in [0.29, 0.717) is 11.1 Å². The minimum atomic E-state index is -4.37. The number of rotatable bonds is 4. The van der Waals surface area contributed by atoms with Crippen LogP contribution in [-0.2, 0) is 26.3 Å². The Morgan fingerprint density at radius 2 is 1.65 bits per heavy atom. The third-order valence-corrected chi connectivity index (χ3v) is 12.4. The zero-order chi connectivity index (χ0) is 31.0. The molecule has 8 heteroatoms. The maximum atomic E-state index is 13.1. The van der Waals surface area contributed by atoms with Gasteiger partial charge in [-0.3, -0.25) is 0 Å². The average Bonchev–Trinajstić information content (AvgIpc) is 3.35. The Labute approximate surface area is 272 Å². The Kier molecular flexibility index (Phi) is 9.87. The molecule has 0 bridgehead atoms. The molecule has 1 radical (unpaired) electrons. The van der Waals surface area contributed by atoms with Crippen LogP contribution >= 0.6 is 11.3 Å². The summed E-state index contributed by atoms with van der Waals surface area (Å²) in [7, 11) is 0. The molecule has 0 saturated heterocycles. The standard InChI is InChI=1S/C21H15F3NS.C14H16GeN.Ir/c1-12(2)13-8-9-25-18(10-13)16-5-3-4-15-17-11-14(21(22,23)24)6-7-19(17)26-20(15)16;1-15(2,3)13-9-10-14(16-11-13)12-7-5-4-6-8-12;/h3-4,6-12H,1-2H3;4-7,9-11H,1-3H3;/q2*-1;/i12D;;. The van der Waals surface area contributed by atoms with Gasteiger partial charge in [-0.2, -0.15) is 24.5 Å². The van der Waals surface area contributed by atoms with Crippen LogP contribution in [-0.4, -0.2) is 23.2 Å². The van der Waals surface area contributed by atoms with Crippen LogP contribution in [0.15, 0.2) is 91.3 Å². The predicted octanol–water partition coefficient (Wildman–Crippen LogP) is 10.2. The Morgan fingerprint density at radius 3 is 2.28 bits per heavy atom. The number of alkyl halides is 3. The molecule has 0 aliphatic rings. The molecule has 2 nitrogen and oxygen atoms in total. The summed E-state index contributed by atoms with van der Waals surface area (Å²) in [6, 6.07) is 29.7. The van der Waals surface area contributed by atoms with Gasteiger partial charge in [0.15, 0.2) is 0 Å². The largest absolute Gasteiger partial charge is 0 e. The summed E-state index contributed by atoms with van der Waals surface area (Å²) < 4.78 is 50.6. The SMILES string of the molecule is [2H]C(C)(C)c1ccnc(-c2[c-]ccc3c2sc2ccc(C(F)(F)F)cc23)c1.[CH3][Ge]([CH3])([CH3])[c]1ccc(-c2[c-]cccc2)nc1.[Ir]. The molecule has 0 amide bonds. The van der Waals surface area contributed by atoms with Gasteiger partial charge in [-0.05, 0) is 45.9 Å². The molecule has 0 unspecified atom stereocenters. The van der Waals surface area contributed by atoms with Crippen molar-refractivity contribution in [1.82, 2.24) is 9.97 Å². The summed E-state index contributed by atoms with van der Waals surface area (Å²) in [6.45, 7) is 3.60. The van der Waals surface area contributed by atoms with Crippen molar-refractivity contribution in [3.8, 4) is 22.5 Å². The number of benzene rings is 3. The molecule has 223 valence electrons. The number of pyridine rings is 2. The number of fused-ring (bicyclic) bond motifs is 3. The molecular weight excluding hydrogens is 802 g/mol. The molecule has 0 N–H and O–H groups in total. The van der Waals surface area contributed by atoms with Crippen molar-refractivity contribution >= 4 is 49.2 Å². The van der Waals surface area contributed by atoms with Gasteiger partial charge in [-0.15, -0.1) is 23.8 Å². The van der Waals surface area contributed by atoms with E-state index < -0.39 is 30.9 Å². The fraction of sp³-hybridized carbons (Fsp3) is 0.200. The van der Waals surface area contributed by atoms with Gasteiger partial charge in [0.25, 0.3) is 0 Å². The maximum absolute atomic E-state index is 13.1. The van der Waals surface area contributed by atoms with Crippen molar-refractivity contribution in [1.29, 1.82) is 0 Å². The van der Waals surface area contributed by atoms with Crippen LogP contribution in [0, 0.1) is 12.1 Å². The molecule has 0 aliphatic heterocycles. The summed E-state index contributed by atoms with van der Waals surface area (Å²) >= 11 is -0.286. The van der Waals surface area contributed by atoms with Crippen molar-refractivity contribution in [2.75, 3.05) is 0 Å². The fourth-order valence-corrected chi connectivity index (χ4v) is 7.90. The van der Waals surface area contributed by atoms with Gasteiger partial charge in [0, 0.05) is 32.4 Å². The van der Waals surface area contributed by atoms with Crippen LogP contribution in [0.5, 0.6) is 0 Å². The van der Waals surface area contributed by atoms with E-state index in [9.17, 15) is 13.2 Å². The van der Waals surface area contributed by atoms with Gasteiger partial charge in [0.2, 0.25) is 0 Å². The molecule has 3 heterocycles. The van der Waals surface area contributed by atoms with Crippen LogP contribution in [0.3, 0.4) is 0 Å². The molecular formula is C35H31F3GeIrN2S-2. The van der Waals surface area contributed by atoms with E-state index in [2.05, 4.69) is 51.5 Å². The van der Waals surface area contributed by atoms with Gasteiger partial charge >= 0.3 is 106 Å². The number of aromatic nitrogens is 2. The molecule has 0 aliphatic carbocycles. The molecule has 43 heavy (non-hydrogen) atoms. The second kappa shape index (κ2) is 13.4. The van der Waals surface area contributed by atoms with Crippen LogP contribution in [0.25, 0.3) is 42.7 Å². The molecule has 6 aromatic rings. The van der Waals surface area contributed by atoms with E-state index in [1.165, 1.54) is 27.9 Å². The Hall–Kier alpha value is -2.84. The second-order valence-electron chi connectivity index (χ2n) is 11.3. The van der Waals surface area contributed by atoms with Crippen molar-refractivity contribution in [2.24, 2.45) is 0 Å². The molecule has 6 rings (SSSR count). The summed E-state index contributed by atoms with van der Waals surface area (Å²) in [5, 5.41) is 1.34. The number of thiophene rings is 1. The Balaban J connectivity index is 0.000000223. The number of hydrogen-bond donors (Lipinski definition) is 0. The first-order valence-corrected chi connectivity index (χ1v) is 21.7. The topological polar surface area (TPSA) is 25.8 Å². The molecule has 0 spiro atoms. The summed E-state index contributed by atoms with van der Waals surface area (Å²) in [6.07, 6.45) is -0.680. The predicted molar refractivity (Wildman–Crippen MR) is 172 cm³/mol. The van der Waals surface area contributed by atoms with Gasteiger partial charge < -0.3 is 4.98 Å². The maximum Gasteiger partial charge on any atom is 0 e. The van der Waals surface area contributed by atoms with Gasteiger partial charge in [0.1, 0.15) is 0 Å². The summed E-state index contributed by atoms with van der Waals surface area (Å²) in [4.78, 5) is 8.94. The first-order valence-electron chi connectivity index (χ1n) is 14.1. The Morgan fingerprint density at radius 1 is 0.860 bits per heavy atom. The smallest absolute Gasteiger partial charge is 0 e. The summed E-state index contributed by atoms with van der Waals surface area (Å²) in [5.74, 6) is 6.37. The molecule has 0 saturated carbocycles. The van der Waals surface area contributed by atoms with E-state index in [4.69, 9.17) is 1.37 Å². The average molecular weight is 835 g/mol. The zero-order valence-corrected chi connectivity index (χ0v) is 29.7. The van der Waals surface area contributed by atoms with E-state index >= 15 is 0 Å². The first kappa shape index (κ1) is 31.6. The van der Waals surface area contributed by atoms with Crippen LogP contribution in [0.4, 0.5) is 13.2 Å². The third-order valence-electron chi connectivity index (χ3n) is 6.97. The van der Waals surface area contributed by atoms with Crippen LogP contribution < -0.4 is 4.40 Å². The number of nitrogens with zero attached hydrogens (tertiary/aromatic N) is 2. The molecule has 0 fully saturated rings. The van der Waals surface area contributed by atoms with E-state index in [0.717, 1.165) is 43.2 Å².